The summed E-state index contributed by atoms with van der Waals surface area (Å²) in [7, 11) is 0. The number of ether oxygens (including phenoxy) is 1. The third-order valence-corrected chi connectivity index (χ3v) is 4.91. The van der Waals surface area contributed by atoms with E-state index in [2.05, 4.69) is 5.32 Å². The van der Waals surface area contributed by atoms with Crippen LogP contribution in [0.15, 0.2) is 36.4 Å². The van der Waals surface area contributed by atoms with Gasteiger partial charge in [-0.1, -0.05) is 11.6 Å². The lowest BCUT2D eigenvalue weighted by molar-refractivity contribution is -0.0627. The summed E-state index contributed by atoms with van der Waals surface area (Å²) in [6.45, 7) is 4.83. The third kappa shape index (κ3) is 3.68. The lowest BCUT2D eigenvalue weighted by Crippen LogP contribution is -2.53. The average Bonchev–Trinajstić information content (AvgIpc) is 2.60. The first-order chi connectivity index (χ1) is 12.6. The molecule has 0 spiro atoms. The maximum atomic E-state index is 13.3. The predicted octanol–water partition coefficient (Wildman–Crippen LogP) is 3.68. The van der Waals surface area contributed by atoms with Crippen LogP contribution in [0.2, 0.25) is 5.02 Å². The van der Waals surface area contributed by atoms with Crippen LogP contribution in [0, 0.1) is 5.82 Å². The van der Waals surface area contributed by atoms with E-state index >= 15 is 0 Å². The van der Waals surface area contributed by atoms with Gasteiger partial charge in [0.25, 0.3) is 5.91 Å². The number of carbonyl (C=O) groups excluding carboxylic acids is 2. The maximum Gasteiger partial charge on any atom is 0.251 e. The molecule has 2 N–H and O–H groups in total. The van der Waals surface area contributed by atoms with E-state index in [-0.39, 0.29) is 16.4 Å². The summed E-state index contributed by atoms with van der Waals surface area (Å²) in [4.78, 5) is 24.4. The number of nitrogens with one attached hydrogen (secondary N) is 1. The van der Waals surface area contributed by atoms with E-state index in [0.717, 1.165) is 6.07 Å². The average molecular weight is 394 g/mol. The van der Waals surface area contributed by atoms with Crippen molar-refractivity contribution in [1.29, 1.82) is 0 Å². The molecular formula is C20H19ClFNO4. The lowest BCUT2D eigenvalue weighted by atomic mass is 9.86. The molecule has 0 saturated carbocycles. The van der Waals surface area contributed by atoms with Crippen molar-refractivity contribution in [3.05, 3.63) is 63.9 Å². The summed E-state index contributed by atoms with van der Waals surface area (Å²) in [5.41, 5.74) is 0.120. The van der Waals surface area contributed by atoms with Gasteiger partial charge in [-0.05, 0) is 57.2 Å². The highest BCUT2D eigenvalue weighted by atomic mass is 35.5. The molecule has 0 unspecified atom stereocenters. The quantitative estimate of drug-likeness (QED) is 0.780. The maximum absolute atomic E-state index is 13.3. The molecule has 2 aromatic carbocycles. The Bertz CT molecular complexity index is 928. The summed E-state index contributed by atoms with van der Waals surface area (Å²) in [5, 5.41) is 13.3. The molecule has 142 valence electrons. The second-order valence-corrected chi connectivity index (χ2v) is 7.45. The topological polar surface area (TPSA) is 75.6 Å². The van der Waals surface area contributed by atoms with E-state index < -0.39 is 29.5 Å². The van der Waals surface area contributed by atoms with Crippen molar-refractivity contribution < 1.29 is 23.8 Å². The standard InChI is InChI=1S/C20H19ClFNO4/c1-10(24)11-5-7-16-13(8-11)17(18(25)20(2,3)27-16)23-19(26)12-4-6-15(22)14(21)9-12/h4-9,17-18,25H,1-3H3,(H,23,26)/t17-,18-/m0/s1/i19+2. The summed E-state index contributed by atoms with van der Waals surface area (Å²) in [6, 6.07) is 7.68. The number of carbonyl (C=O) groups is 2. The van der Waals surface area contributed by atoms with Crippen molar-refractivity contribution in [1.82, 2.24) is 5.32 Å². The number of Topliss-reactive ketones (excluding diaryl/α,β-unsaturated/α-hetero) is 1. The first-order valence-corrected chi connectivity index (χ1v) is 8.76. The molecule has 7 heteroatoms. The Kier molecular flexibility index (Phi) is 4.97. The van der Waals surface area contributed by atoms with Crippen molar-refractivity contribution in [2.45, 2.75) is 38.5 Å². The molecule has 2 aromatic rings. The van der Waals surface area contributed by atoms with Crippen molar-refractivity contribution in [2.75, 3.05) is 0 Å². The number of halogens is 2. The normalized spacial score (nSPS) is 20.4. The van der Waals surface area contributed by atoms with Crippen molar-refractivity contribution in [3.63, 3.8) is 0 Å². The number of aliphatic hydroxyl groups excluding tert-OH is 1. The van der Waals surface area contributed by atoms with E-state index in [1.807, 2.05) is 0 Å². The van der Waals surface area contributed by atoms with Gasteiger partial charge in [0.15, 0.2) is 5.78 Å². The summed E-state index contributed by atoms with van der Waals surface area (Å²) >= 11 is 5.75. The molecule has 1 aliphatic rings. The molecule has 3 rings (SSSR count). The second-order valence-electron chi connectivity index (χ2n) is 7.04. The van der Waals surface area contributed by atoms with Crippen LogP contribution in [0.4, 0.5) is 4.39 Å². The minimum absolute atomic E-state index is 0.146. The number of aliphatic hydroxyl groups is 1. The van der Waals surface area contributed by atoms with Crippen LogP contribution in [-0.2, 0) is 0 Å². The second kappa shape index (κ2) is 6.94. The Morgan fingerprint density at radius 1 is 1.30 bits per heavy atom. The van der Waals surface area contributed by atoms with Crippen LogP contribution in [0.25, 0.3) is 0 Å². The Hall–Kier alpha value is -2.44. The molecule has 0 aromatic heterocycles. The first-order valence-electron chi connectivity index (χ1n) is 8.38. The van der Waals surface area contributed by atoms with E-state index in [9.17, 15) is 19.1 Å². The zero-order valence-electron chi connectivity index (χ0n) is 15.0. The Balaban J connectivity index is 2.00. The van der Waals surface area contributed by atoms with Crippen molar-refractivity contribution >= 4 is 23.3 Å². The largest absolute Gasteiger partial charge is 0.485 e. The number of rotatable bonds is 3. The summed E-state index contributed by atoms with van der Waals surface area (Å²) in [6.07, 6.45) is -1.08. The highest BCUT2D eigenvalue weighted by Crippen LogP contribution is 2.40. The molecule has 0 aliphatic carbocycles. The molecule has 27 heavy (non-hydrogen) atoms. The van der Waals surface area contributed by atoms with Crippen molar-refractivity contribution in [3.8, 4) is 5.75 Å². The molecule has 0 radical (unpaired) electrons. The van der Waals surface area contributed by atoms with E-state index in [4.69, 9.17) is 16.3 Å². The number of benzene rings is 2. The van der Waals surface area contributed by atoms with Gasteiger partial charge in [0.1, 0.15) is 23.3 Å². The highest BCUT2D eigenvalue weighted by Gasteiger charge is 2.43. The molecule has 1 heterocycles. The molecule has 1 aliphatic heterocycles. The van der Waals surface area contributed by atoms with Crippen molar-refractivity contribution in [2.24, 2.45) is 0 Å². The lowest BCUT2D eigenvalue weighted by Gasteiger charge is -2.42. The fraction of sp³-hybridized carbons (Fsp3) is 0.300. The van der Waals surface area contributed by atoms with Gasteiger partial charge >= 0.3 is 0 Å². The Morgan fingerprint density at radius 3 is 2.63 bits per heavy atom. The first kappa shape index (κ1) is 19.3. The Labute approximate surface area is 161 Å². The van der Waals surface area contributed by atoms with Gasteiger partial charge < -0.3 is 15.2 Å². The Morgan fingerprint density at radius 2 is 2.00 bits per heavy atom. The summed E-state index contributed by atoms with van der Waals surface area (Å²) < 4.78 is 19.2. The number of fused-ring (bicyclic) bond motifs is 1. The number of hydrogen-bond donors (Lipinski definition) is 2. The van der Waals surface area contributed by atoms with Crippen LogP contribution < -0.4 is 10.1 Å². The molecular weight excluding hydrogens is 375 g/mol. The minimum atomic E-state index is -1.08. The van der Waals surface area contributed by atoms with Crippen LogP contribution in [0.1, 0.15) is 53.1 Å². The van der Waals surface area contributed by atoms with E-state index in [1.54, 1.807) is 32.0 Å². The van der Waals surface area contributed by atoms with Crippen LogP contribution in [-0.4, -0.2) is 28.5 Å². The van der Waals surface area contributed by atoms with Crippen LogP contribution >= 0.6 is 11.6 Å². The molecule has 1 amide bonds. The van der Waals surface area contributed by atoms with Gasteiger partial charge in [-0.15, -0.1) is 0 Å². The van der Waals surface area contributed by atoms with Crippen LogP contribution in [0.3, 0.4) is 0 Å². The third-order valence-electron chi connectivity index (χ3n) is 4.62. The molecule has 5 nitrogen and oxygen atoms in total. The van der Waals surface area contributed by atoms with Gasteiger partial charge in [0, 0.05) is 16.7 Å². The number of ketones is 1. The number of amides is 1. The fourth-order valence-electron chi connectivity index (χ4n) is 3.04. The molecule has 0 fully saturated rings. The van der Waals surface area contributed by atoms with Gasteiger partial charge in [-0.3, -0.25) is 9.59 Å². The van der Waals surface area contributed by atoms with Gasteiger partial charge in [0.05, 0.1) is 11.1 Å². The van der Waals surface area contributed by atoms with Gasteiger partial charge in [-0.2, -0.15) is 0 Å². The number of hydrogen-bond acceptors (Lipinski definition) is 4. The van der Waals surface area contributed by atoms with Gasteiger partial charge in [0.2, 0.25) is 0 Å². The molecule has 0 saturated heterocycles. The molecule has 0 bridgehead atoms. The minimum Gasteiger partial charge on any atom is -0.485 e. The zero-order valence-corrected chi connectivity index (χ0v) is 15.8. The summed E-state index contributed by atoms with van der Waals surface area (Å²) in [5.74, 6) is -0.833. The monoisotopic (exact) mass is 393 g/mol. The fourth-order valence-corrected chi connectivity index (χ4v) is 3.22. The highest BCUT2D eigenvalue weighted by molar-refractivity contribution is 6.31. The van der Waals surface area contributed by atoms with Crippen LogP contribution in [0.5, 0.6) is 5.75 Å². The smallest absolute Gasteiger partial charge is 0.251 e. The van der Waals surface area contributed by atoms with Gasteiger partial charge in [-0.25, -0.2) is 4.39 Å². The predicted molar refractivity (Wildman–Crippen MR) is 98.8 cm³/mol. The van der Waals surface area contributed by atoms with E-state index in [0.29, 0.717) is 16.9 Å². The van der Waals surface area contributed by atoms with E-state index in [1.165, 1.54) is 19.1 Å². The SMILES string of the molecule is CC(=O)c1ccc2c(c1)[C@H](N[14C](=O)c1ccc(F)c(Cl)c1)[C@H](O)C(C)(C)O2. The molecule has 2 atom stereocenters. The zero-order chi connectivity index (χ0) is 19.9.